The summed E-state index contributed by atoms with van der Waals surface area (Å²) in [6.45, 7) is 7.67. The normalized spacial score (nSPS) is 14.6. The van der Waals surface area contributed by atoms with Crippen LogP contribution in [-0.2, 0) is 9.53 Å². The fraction of sp³-hybridized carbons (Fsp3) is 0.588. The summed E-state index contributed by atoms with van der Waals surface area (Å²) in [6, 6.07) is 6.55. The first kappa shape index (κ1) is 22.0. The summed E-state index contributed by atoms with van der Waals surface area (Å²) in [5.74, 6) is 0.583. The van der Waals surface area contributed by atoms with E-state index in [0.29, 0.717) is 10.8 Å². The number of carbonyl (C=O) groups excluding carboxylic acids is 1. The van der Waals surface area contributed by atoms with Gasteiger partial charge >= 0.3 is 5.97 Å². The molecule has 0 unspecified atom stereocenters. The predicted molar refractivity (Wildman–Crippen MR) is 96.4 cm³/mol. The molecule has 2 N–H and O–H groups in total. The van der Waals surface area contributed by atoms with Crippen LogP contribution in [-0.4, -0.2) is 24.2 Å². The van der Waals surface area contributed by atoms with E-state index in [2.05, 4.69) is 13.8 Å². The van der Waals surface area contributed by atoms with Crippen molar-refractivity contribution in [3.63, 3.8) is 0 Å². The fourth-order valence-corrected chi connectivity index (χ4v) is 2.48. The lowest BCUT2D eigenvalue weighted by atomic mass is 9.93. The lowest BCUT2D eigenvalue weighted by molar-refractivity contribution is -0.155. The molecule has 0 saturated heterocycles. The van der Waals surface area contributed by atoms with Gasteiger partial charge in [0.2, 0.25) is 0 Å². The van der Waals surface area contributed by atoms with Gasteiger partial charge in [-0.05, 0) is 56.9 Å². The highest BCUT2D eigenvalue weighted by molar-refractivity contribution is 6.30. The Hall–Kier alpha value is -0.970. The summed E-state index contributed by atoms with van der Waals surface area (Å²) in [7, 11) is 0. The molecule has 0 heterocycles. The zero-order valence-electron chi connectivity index (χ0n) is 14.1. The van der Waals surface area contributed by atoms with E-state index in [9.17, 15) is 4.79 Å². The van der Waals surface area contributed by atoms with E-state index >= 15 is 0 Å². The molecule has 4 nitrogen and oxygen atoms in total. The van der Waals surface area contributed by atoms with Gasteiger partial charge in [-0.3, -0.25) is 4.79 Å². The number of carbonyl (C=O) groups is 1. The van der Waals surface area contributed by atoms with Crippen LogP contribution in [0.2, 0.25) is 5.02 Å². The Bertz CT molecular complexity index is 461. The van der Waals surface area contributed by atoms with Crippen LogP contribution in [0.3, 0.4) is 0 Å². The SMILES string of the molecule is CCC(CC)[C@@H](Oc1ccc(Cl)cc1)[C@H](C)OC(=O)[C@H](C)N.Cl. The van der Waals surface area contributed by atoms with Gasteiger partial charge < -0.3 is 15.2 Å². The van der Waals surface area contributed by atoms with Gasteiger partial charge in [0.05, 0.1) is 0 Å². The maximum Gasteiger partial charge on any atom is 0.323 e. The Morgan fingerprint density at radius 2 is 1.70 bits per heavy atom. The van der Waals surface area contributed by atoms with Crippen LogP contribution in [0.15, 0.2) is 24.3 Å². The van der Waals surface area contributed by atoms with E-state index in [0.717, 1.165) is 12.8 Å². The summed E-state index contributed by atoms with van der Waals surface area (Å²) in [5, 5.41) is 0.655. The van der Waals surface area contributed by atoms with Crippen molar-refractivity contribution in [2.24, 2.45) is 11.7 Å². The highest BCUT2D eigenvalue weighted by Crippen LogP contribution is 2.25. The monoisotopic (exact) mass is 363 g/mol. The number of hydrogen-bond acceptors (Lipinski definition) is 4. The van der Waals surface area contributed by atoms with Crippen LogP contribution in [0.4, 0.5) is 0 Å². The van der Waals surface area contributed by atoms with Crippen molar-refractivity contribution in [3.05, 3.63) is 29.3 Å². The number of hydrogen-bond donors (Lipinski definition) is 1. The van der Waals surface area contributed by atoms with Gasteiger partial charge in [-0.25, -0.2) is 0 Å². The fourth-order valence-electron chi connectivity index (χ4n) is 2.36. The lowest BCUT2D eigenvalue weighted by Crippen LogP contribution is -2.42. The maximum absolute atomic E-state index is 11.7. The van der Waals surface area contributed by atoms with E-state index in [4.69, 9.17) is 26.8 Å². The summed E-state index contributed by atoms with van der Waals surface area (Å²) in [6.07, 6.45) is 1.28. The molecule has 0 radical (unpaired) electrons. The van der Waals surface area contributed by atoms with Gasteiger partial charge in [0, 0.05) is 5.02 Å². The van der Waals surface area contributed by atoms with Crippen molar-refractivity contribution in [3.8, 4) is 5.75 Å². The van der Waals surface area contributed by atoms with Crippen molar-refractivity contribution in [1.82, 2.24) is 0 Å². The van der Waals surface area contributed by atoms with Crippen LogP contribution < -0.4 is 10.5 Å². The van der Waals surface area contributed by atoms with E-state index < -0.39 is 12.0 Å². The average molecular weight is 364 g/mol. The third-order valence-electron chi connectivity index (χ3n) is 3.74. The molecule has 6 heteroatoms. The number of nitrogens with two attached hydrogens (primary N) is 1. The Balaban J connectivity index is 0.00000484. The van der Waals surface area contributed by atoms with Gasteiger partial charge in [0.25, 0.3) is 0 Å². The van der Waals surface area contributed by atoms with Gasteiger partial charge in [-0.2, -0.15) is 0 Å². The van der Waals surface area contributed by atoms with Crippen molar-refractivity contribution in [1.29, 1.82) is 0 Å². The van der Waals surface area contributed by atoms with Crippen LogP contribution in [0.5, 0.6) is 5.75 Å². The number of rotatable bonds is 8. The second-order valence-corrected chi connectivity index (χ2v) is 5.98. The number of ether oxygens (including phenoxy) is 2. The van der Waals surface area contributed by atoms with E-state index in [1.807, 2.05) is 19.1 Å². The predicted octanol–water partition coefficient (Wildman–Crippen LogP) is 4.22. The molecule has 0 fully saturated rings. The van der Waals surface area contributed by atoms with Gasteiger partial charge in [-0.1, -0.05) is 25.4 Å². The Labute approximate surface area is 150 Å². The largest absolute Gasteiger partial charge is 0.486 e. The molecule has 0 bridgehead atoms. The lowest BCUT2D eigenvalue weighted by Gasteiger charge is -2.31. The summed E-state index contributed by atoms with van der Waals surface area (Å²) in [5.41, 5.74) is 5.56. The first-order valence-electron chi connectivity index (χ1n) is 7.77. The molecule has 0 spiro atoms. The molecule has 1 aromatic carbocycles. The van der Waals surface area contributed by atoms with E-state index in [-0.39, 0.29) is 30.5 Å². The molecule has 3 atom stereocenters. The van der Waals surface area contributed by atoms with Crippen molar-refractivity contribution >= 4 is 30.0 Å². The zero-order valence-corrected chi connectivity index (χ0v) is 15.7. The third-order valence-corrected chi connectivity index (χ3v) is 3.99. The van der Waals surface area contributed by atoms with Crippen LogP contribution in [0, 0.1) is 5.92 Å². The molecule has 0 aliphatic heterocycles. The highest BCUT2D eigenvalue weighted by atomic mass is 35.5. The maximum atomic E-state index is 11.7. The average Bonchev–Trinajstić information content (AvgIpc) is 2.49. The van der Waals surface area contributed by atoms with Crippen molar-refractivity contribution in [2.45, 2.75) is 58.8 Å². The Morgan fingerprint density at radius 3 is 2.13 bits per heavy atom. The van der Waals surface area contributed by atoms with Gasteiger partial charge in [0.1, 0.15) is 24.0 Å². The Kier molecular flexibility index (Phi) is 10.3. The van der Waals surface area contributed by atoms with Gasteiger partial charge in [-0.15, -0.1) is 12.4 Å². The minimum absolute atomic E-state index is 0. The standard InChI is InChI=1S/C17H26ClNO3.ClH/c1-5-13(6-2)16(12(4)21-17(20)11(3)19)22-15-9-7-14(18)8-10-15;/h7-13,16H,5-6,19H2,1-4H3;1H/t11-,12-,16-;/m0./s1. The number of benzene rings is 1. The second-order valence-electron chi connectivity index (χ2n) is 5.54. The molecule has 0 saturated carbocycles. The smallest absolute Gasteiger partial charge is 0.323 e. The first-order chi connectivity index (χ1) is 10.4. The first-order valence-corrected chi connectivity index (χ1v) is 8.15. The van der Waals surface area contributed by atoms with Gasteiger partial charge in [0.15, 0.2) is 0 Å². The van der Waals surface area contributed by atoms with Crippen LogP contribution >= 0.6 is 24.0 Å². The zero-order chi connectivity index (χ0) is 16.7. The minimum Gasteiger partial charge on any atom is -0.486 e. The molecule has 23 heavy (non-hydrogen) atoms. The summed E-state index contributed by atoms with van der Waals surface area (Å²) in [4.78, 5) is 11.7. The van der Waals surface area contributed by atoms with Crippen molar-refractivity contribution < 1.29 is 14.3 Å². The minimum atomic E-state index is -0.639. The molecule has 0 aliphatic carbocycles. The molecule has 132 valence electrons. The molecule has 0 amide bonds. The highest BCUT2D eigenvalue weighted by Gasteiger charge is 2.30. The molecule has 0 aromatic heterocycles. The second kappa shape index (κ2) is 10.7. The summed E-state index contributed by atoms with van der Waals surface area (Å²) >= 11 is 5.89. The van der Waals surface area contributed by atoms with E-state index in [1.54, 1.807) is 19.1 Å². The molecule has 1 aromatic rings. The van der Waals surface area contributed by atoms with Crippen molar-refractivity contribution in [2.75, 3.05) is 0 Å². The molecule has 0 aliphatic rings. The molecular weight excluding hydrogens is 337 g/mol. The number of halogens is 2. The summed E-state index contributed by atoms with van der Waals surface area (Å²) < 4.78 is 11.5. The molecular formula is C17H27Cl2NO3. The number of esters is 1. The third kappa shape index (κ3) is 6.98. The molecule has 1 rings (SSSR count). The topological polar surface area (TPSA) is 61.5 Å². The quantitative estimate of drug-likeness (QED) is 0.702. The van der Waals surface area contributed by atoms with Crippen LogP contribution in [0.25, 0.3) is 0 Å². The van der Waals surface area contributed by atoms with E-state index in [1.165, 1.54) is 0 Å². The van der Waals surface area contributed by atoms with Crippen LogP contribution in [0.1, 0.15) is 40.5 Å². The Morgan fingerprint density at radius 1 is 1.17 bits per heavy atom.